The van der Waals surface area contributed by atoms with Gasteiger partial charge in [0.2, 0.25) is 0 Å². The summed E-state index contributed by atoms with van der Waals surface area (Å²) in [7, 11) is 0. The predicted molar refractivity (Wildman–Crippen MR) is 75.1 cm³/mol. The average Bonchev–Trinajstić information content (AvgIpc) is 2.39. The lowest BCUT2D eigenvalue weighted by molar-refractivity contribution is 0.318. The van der Waals surface area contributed by atoms with Crippen LogP contribution in [0, 0.1) is 5.92 Å². The van der Waals surface area contributed by atoms with Crippen LogP contribution in [0.4, 0.5) is 0 Å². The van der Waals surface area contributed by atoms with Gasteiger partial charge in [0.25, 0.3) is 0 Å². The Hall–Kier alpha value is -1.26. The summed E-state index contributed by atoms with van der Waals surface area (Å²) in [6, 6.07) is 5.39. The molecular formula is C13H20ClN3O. The number of halogens is 1. The van der Waals surface area contributed by atoms with Gasteiger partial charge in [0, 0.05) is 17.1 Å². The van der Waals surface area contributed by atoms with Crippen molar-refractivity contribution in [2.45, 2.75) is 26.8 Å². The third-order valence-electron chi connectivity index (χ3n) is 2.96. The Morgan fingerprint density at radius 3 is 2.83 bits per heavy atom. The van der Waals surface area contributed by atoms with Crippen LogP contribution in [-0.2, 0) is 6.54 Å². The highest BCUT2D eigenvalue weighted by molar-refractivity contribution is 6.31. The molecule has 0 spiro atoms. The zero-order chi connectivity index (χ0) is 13.5. The molecule has 0 heterocycles. The Morgan fingerprint density at radius 1 is 1.56 bits per heavy atom. The van der Waals surface area contributed by atoms with Crippen molar-refractivity contribution < 1.29 is 5.21 Å². The van der Waals surface area contributed by atoms with E-state index in [1.165, 1.54) is 0 Å². The van der Waals surface area contributed by atoms with Gasteiger partial charge in [-0.05, 0) is 24.1 Å². The van der Waals surface area contributed by atoms with E-state index in [1.807, 2.05) is 6.07 Å². The molecule has 0 saturated heterocycles. The maximum absolute atomic E-state index is 8.59. The summed E-state index contributed by atoms with van der Waals surface area (Å²) in [5, 5.41) is 15.5. The molecule has 1 unspecified atom stereocenters. The van der Waals surface area contributed by atoms with E-state index in [4.69, 9.17) is 22.5 Å². The monoisotopic (exact) mass is 269 g/mol. The van der Waals surface area contributed by atoms with Crippen LogP contribution >= 0.6 is 11.6 Å². The van der Waals surface area contributed by atoms with Gasteiger partial charge in [-0.1, -0.05) is 49.2 Å². The van der Waals surface area contributed by atoms with E-state index in [0.717, 1.165) is 25.1 Å². The summed E-state index contributed by atoms with van der Waals surface area (Å²) >= 11 is 6.15. The minimum absolute atomic E-state index is 0.0658. The molecule has 18 heavy (non-hydrogen) atoms. The second kappa shape index (κ2) is 7.24. The smallest absolute Gasteiger partial charge is 0.170 e. The lowest BCUT2D eigenvalue weighted by Gasteiger charge is -2.11. The van der Waals surface area contributed by atoms with Gasteiger partial charge >= 0.3 is 0 Å². The first-order chi connectivity index (χ1) is 8.58. The second-order valence-corrected chi connectivity index (χ2v) is 4.84. The fourth-order valence-electron chi connectivity index (χ4n) is 1.51. The minimum atomic E-state index is 0.0658. The van der Waals surface area contributed by atoms with E-state index in [9.17, 15) is 0 Å². The molecule has 0 aliphatic heterocycles. The number of amidine groups is 1. The lowest BCUT2D eigenvalue weighted by Crippen LogP contribution is -2.20. The molecule has 4 nitrogen and oxygen atoms in total. The van der Waals surface area contributed by atoms with Gasteiger partial charge in [-0.25, -0.2) is 0 Å². The number of rotatable bonds is 6. The zero-order valence-electron chi connectivity index (χ0n) is 10.8. The molecule has 0 aliphatic carbocycles. The first-order valence-corrected chi connectivity index (χ1v) is 6.43. The molecule has 0 saturated carbocycles. The van der Waals surface area contributed by atoms with Crippen molar-refractivity contribution in [1.29, 1.82) is 0 Å². The molecule has 100 valence electrons. The molecule has 0 radical (unpaired) electrons. The summed E-state index contributed by atoms with van der Waals surface area (Å²) in [4.78, 5) is 0. The fourth-order valence-corrected chi connectivity index (χ4v) is 1.75. The molecule has 0 bridgehead atoms. The molecule has 1 aromatic carbocycles. The molecule has 5 heteroatoms. The Balaban J connectivity index is 2.63. The SMILES string of the molecule is CCC(C)CNCc1ccc(/C(N)=N/O)cc1Cl. The number of oxime groups is 1. The predicted octanol–water partition coefficient (Wildman–Crippen LogP) is 2.57. The highest BCUT2D eigenvalue weighted by Gasteiger charge is 2.05. The first-order valence-electron chi connectivity index (χ1n) is 6.05. The van der Waals surface area contributed by atoms with Crippen LogP contribution in [0.1, 0.15) is 31.4 Å². The van der Waals surface area contributed by atoms with E-state index in [0.29, 0.717) is 16.5 Å². The van der Waals surface area contributed by atoms with E-state index < -0.39 is 0 Å². The number of nitrogens with two attached hydrogens (primary N) is 1. The van der Waals surface area contributed by atoms with Crippen molar-refractivity contribution in [3.63, 3.8) is 0 Å². The van der Waals surface area contributed by atoms with Crippen molar-refractivity contribution in [3.8, 4) is 0 Å². The van der Waals surface area contributed by atoms with Crippen LogP contribution in [-0.4, -0.2) is 17.6 Å². The van der Waals surface area contributed by atoms with Crippen LogP contribution in [0.2, 0.25) is 5.02 Å². The largest absolute Gasteiger partial charge is 0.409 e. The second-order valence-electron chi connectivity index (χ2n) is 4.44. The number of hydrogen-bond donors (Lipinski definition) is 3. The molecule has 4 N–H and O–H groups in total. The highest BCUT2D eigenvalue weighted by Crippen LogP contribution is 2.18. The fraction of sp³-hybridized carbons (Fsp3) is 0.462. The molecule has 1 aromatic rings. The average molecular weight is 270 g/mol. The first kappa shape index (κ1) is 14.8. The van der Waals surface area contributed by atoms with Gasteiger partial charge in [-0.15, -0.1) is 0 Å². The van der Waals surface area contributed by atoms with Gasteiger partial charge in [0.15, 0.2) is 5.84 Å². The van der Waals surface area contributed by atoms with Gasteiger partial charge in [-0.2, -0.15) is 0 Å². The number of nitrogens with zero attached hydrogens (tertiary/aromatic N) is 1. The van der Waals surface area contributed by atoms with Gasteiger partial charge in [0.05, 0.1) is 0 Å². The third-order valence-corrected chi connectivity index (χ3v) is 3.31. The normalized spacial score (nSPS) is 13.6. The van der Waals surface area contributed by atoms with Crippen molar-refractivity contribution >= 4 is 17.4 Å². The summed E-state index contributed by atoms with van der Waals surface area (Å²) in [5.41, 5.74) is 7.12. The van der Waals surface area contributed by atoms with Crippen LogP contribution in [0.5, 0.6) is 0 Å². The van der Waals surface area contributed by atoms with Crippen molar-refractivity contribution in [3.05, 3.63) is 34.3 Å². The Morgan fingerprint density at radius 2 is 2.28 bits per heavy atom. The zero-order valence-corrected chi connectivity index (χ0v) is 11.5. The molecular weight excluding hydrogens is 250 g/mol. The van der Waals surface area contributed by atoms with Crippen LogP contribution in [0.15, 0.2) is 23.4 Å². The summed E-state index contributed by atoms with van der Waals surface area (Å²) in [5.74, 6) is 0.719. The molecule has 0 aliphatic rings. The summed E-state index contributed by atoms with van der Waals surface area (Å²) in [6.07, 6.45) is 1.16. The van der Waals surface area contributed by atoms with E-state index in [-0.39, 0.29) is 5.84 Å². The Kier molecular flexibility index (Phi) is 5.95. The summed E-state index contributed by atoms with van der Waals surface area (Å²) in [6.45, 7) is 6.07. The maximum Gasteiger partial charge on any atom is 0.170 e. The molecule has 0 amide bonds. The topological polar surface area (TPSA) is 70.6 Å². The molecule has 1 rings (SSSR count). The van der Waals surface area contributed by atoms with Crippen LogP contribution < -0.4 is 11.1 Å². The van der Waals surface area contributed by atoms with Crippen molar-refractivity contribution in [1.82, 2.24) is 5.32 Å². The minimum Gasteiger partial charge on any atom is -0.409 e. The van der Waals surface area contributed by atoms with Crippen molar-refractivity contribution in [2.75, 3.05) is 6.54 Å². The molecule has 0 aromatic heterocycles. The lowest BCUT2D eigenvalue weighted by atomic mass is 10.1. The quantitative estimate of drug-likeness (QED) is 0.322. The Bertz CT molecular complexity index is 421. The standard InChI is InChI=1S/C13H20ClN3O/c1-3-9(2)7-16-8-11-5-4-10(6-12(11)14)13(15)17-18/h4-6,9,16,18H,3,7-8H2,1-2H3,(H2,15,17). The summed E-state index contributed by atoms with van der Waals surface area (Å²) < 4.78 is 0. The Labute approximate surface area is 113 Å². The van der Waals surface area contributed by atoms with Crippen LogP contribution in [0.25, 0.3) is 0 Å². The molecule has 0 fully saturated rings. The number of nitrogens with one attached hydrogen (secondary N) is 1. The third kappa shape index (κ3) is 4.20. The highest BCUT2D eigenvalue weighted by atomic mass is 35.5. The van der Waals surface area contributed by atoms with E-state index >= 15 is 0 Å². The van der Waals surface area contributed by atoms with Gasteiger partial charge < -0.3 is 16.3 Å². The molecule has 1 atom stereocenters. The number of hydrogen-bond acceptors (Lipinski definition) is 3. The van der Waals surface area contributed by atoms with Gasteiger partial charge in [-0.3, -0.25) is 0 Å². The van der Waals surface area contributed by atoms with E-state index in [2.05, 4.69) is 24.3 Å². The van der Waals surface area contributed by atoms with Gasteiger partial charge in [0.1, 0.15) is 0 Å². The number of benzene rings is 1. The van der Waals surface area contributed by atoms with Crippen molar-refractivity contribution in [2.24, 2.45) is 16.8 Å². The maximum atomic E-state index is 8.59. The van der Waals surface area contributed by atoms with Crippen LogP contribution in [0.3, 0.4) is 0 Å². The van der Waals surface area contributed by atoms with E-state index in [1.54, 1.807) is 12.1 Å².